The number of aromatic nitrogens is 5. The topological polar surface area (TPSA) is 106 Å². The second kappa shape index (κ2) is 6.75. The van der Waals surface area contributed by atoms with Gasteiger partial charge in [0.25, 0.3) is 0 Å². The highest BCUT2D eigenvalue weighted by Crippen LogP contribution is 2.30. The van der Waals surface area contributed by atoms with E-state index in [1.165, 1.54) is 7.05 Å². The van der Waals surface area contributed by atoms with Crippen molar-refractivity contribution in [2.45, 2.75) is 4.90 Å². The number of fused-ring (bicyclic) bond motifs is 2. The molecule has 0 saturated carbocycles. The highest BCUT2D eigenvalue weighted by molar-refractivity contribution is 7.89. The number of aromatic amines is 1. The number of rotatable bonds is 4. The molecule has 0 aliphatic rings. The quantitative estimate of drug-likeness (QED) is 0.467. The van der Waals surface area contributed by atoms with Crippen LogP contribution in [0.25, 0.3) is 44.6 Å². The maximum atomic E-state index is 12.1. The fraction of sp³-hybridized carbons (Fsp3) is 0.0952. The van der Waals surface area contributed by atoms with Crippen molar-refractivity contribution in [3.05, 3.63) is 61.2 Å². The minimum absolute atomic E-state index is 0.181. The molecule has 0 aliphatic heterocycles. The molecule has 150 valence electrons. The molecule has 0 saturated heterocycles. The molecule has 2 aromatic carbocycles. The van der Waals surface area contributed by atoms with Crippen LogP contribution >= 0.6 is 0 Å². The van der Waals surface area contributed by atoms with Crippen molar-refractivity contribution in [2.24, 2.45) is 7.05 Å². The number of sulfonamides is 1. The third-order valence-electron chi connectivity index (χ3n) is 5.13. The summed E-state index contributed by atoms with van der Waals surface area (Å²) < 4.78 is 28.6. The molecular weight excluding hydrogens is 400 g/mol. The maximum absolute atomic E-state index is 12.1. The number of nitrogens with one attached hydrogen (secondary N) is 2. The Balaban J connectivity index is 1.65. The van der Waals surface area contributed by atoms with Gasteiger partial charge < -0.3 is 9.55 Å². The second-order valence-electron chi connectivity index (χ2n) is 6.95. The fourth-order valence-corrected chi connectivity index (χ4v) is 4.26. The SMILES string of the molecule is CNS(=O)(=O)c1cccc(-c2cnc3[nH]cc(-c4ccc5ncn(C)c5c4)c3n2)c1. The van der Waals surface area contributed by atoms with E-state index < -0.39 is 10.0 Å². The molecule has 3 aromatic heterocycles. The second-order valence-corrected chi connectivity index (χ2v) is 8.84. The minimum atomic E-state index is -3.54. The highest BCUT2D eigenvalue weighted by Gasteiger charge is 2.15. The number of aryl methyl sites for hydroxylation is 1. The summed E-state index contributed by atoms with van der Waals surface area (Å²) in [6, 6.07) is 12.7. The van der Waals surface area contributed by atoms with Crippen molar-refractivity contribution in [3.8, 4) is 22.4 Å². The zero-order valence-electron chi connectivity index (χ0n) is 16.3. The van der Waals surface area contributed by atoms with Gasteiger partial charge in [-0.15, -0.1) is 0 Å². The highest BCUT2D eigenvalue weighted by atomic mass is 32.2. The minimum Gasteiger partial charge on any atom is -0.344 e. The third kappa shape index (κ3) is 2.95. The molecular formula is C21H18N6O2S. The van der Waals surface area contributed by atoms with E-state index in [4.69, 9.17) is 4.98 Å². The summed E-state index contributed by atoms with van der Waals surface area (Å²) in [5.74, 6) is 0. The van der Waals surface area contributed by atoms with Crippen LogP contribution in [0.2, 0.25) is 0 Å². The van der Waals surface area contributed by atoms with Gasteiger partial charge in [0.15, 0.2) is 5.65 Å². The molecule has 5 aromatic rings. The van der Waals surface area contributed by atoms with Crippen molar-refractivity contribution in [1.82, 2.24) is 29.2 Å². The molecule has 0 spiro atoms. The standard InChI is InChI=1S/C21H18N6O2S/c1-22-30(28,29)15-5-3-4-14(8-15)18-11-24-21-20(26-18)16(10-23-21)13-6-7-17-19(9-13)27(2)12-25-17/h3-12,22H,1-2H3,(H,23,24). The van der Waals surface area contributed by atoms with Crippen molar-refractivity contribution in [3.63, 3.8) is 0 Å². The van der Waals surface area contributed by atoms with Crippen LogP contribution in [0.1, 0.15) is 0 Å². The van der Waals surface area contributed by atoms with Gasteiger partial charge in [-0.2, -0.15) is 0 Å². The van der Waals surface area contributed by atoms with Crippen molar-refractivity contribution in [1.29, 1.82) is 0 Å². The van der Waals surface area contributed by atoms with Crippen molar-refractivity contribution < 1.29 is 8.42 Å². The van der Waals surface area contributed by atoms with Gasteiger partial charge in [-0.1, -0.05) is 18.2 Å². The average molecular weight is 418 g/mol. The van der Waals surface area contributed by atoms with Gasteiger partial charge in [-0.25, -0.2) is 28.1 Å². The predicted molar refractivity (Wildman–Crippen MR) is 115 cm³/mol. The van der Waals surface area contributed by atoms with Crippen LogP contribution < -0.4 is 4.72 Å². The lowest BCUT2D eigenvalue weighted by Gasteiger charge is -2.06. The zero-order chi connectivity index (χ0) is 20.9. The van der Waals surface area contributed by atoms with Crippen LogP contribution in [-0.4, -0.2) is 40.0 Å². The smallest absolute Gasteiger partial charge is 0.240 e. The summed E-state index contributed by atoms with van der Waals surface area (Å²) in [5.41, 5.74) is 6.52. The summed E-state index contributed by atoms with van der Waals surface area (Å²) in [7, 11) is -0.199. The number of benzene rings is 2. The van der Waals surface area contributed by atoms with E-state index in [1.807, 2.05) is 36.0 Å². The molecule has 0 amide bonds. The van der Waals surface area contributed by atoms with Crippen LogP contribution in [0.3, 0.4) is 0 Å². The van der Waals surface area contributed by atoms with Gasteiger partial charge in [-0.05, 0) is 36.9 Å². The number of hydrogen-bond donors (Lipinski definition) is 2. The Morgan fingerprint density at radius 2 is 1.93 bits per heavy atom. The summed E-state index contributed by atoms with van der Waals surface area (Å²) in [5, 5.41) is 0. The number of imidazole rings is 1. The summed E-state index contributed by atoms with van der Waals surface area (Å²) in [4.78, 5) is 17.0. The molecule has 5 rings (SSSR count). The van der Waals surface area contributed by atoms with E-state index in [0.717, 1.165) is 27.7 Å². The Morgan fingerprint density at radius 1 is 1.07 bits per heavy atom. The van der Waals surface area contributed by atoms with Crippen LogP contribution in [0.15, 0.2) is 66.1 Å². The van der Waals surface area contributed by atoms with Gasteiger partial charge in [-0.3, -0.25) is 0 Å². The number of nitrogens with zero attached hydrogens (tertiary/aromatic N) is 4. The number of hydrogen-bond acceptors (Lipinski definition) is 5. The molecule has 0 radical (unpaired) electrons. The molecule has 3 heterocycles. The summed E-state index contributed by atoms with van der Waals surface area (Å²) in [6.45, 7) is 0. The molecule has 30 heavy (non-hydrogen) atoms. The van der Waals surface area contributed by atoms with Gasteiger partial charge in [0.2, 0.25) is 10.0 Å². The molecule has 0 unspecified atom stereocenters. The Labute approximate surface area is 172 Å². The first kappa shape index (κ1) is 18.5. The maximum Gasteiger partial charge on any atom is 0.240 e. The van der Waals surface area contributed by atoms with Gasteiger partial charge >= 0.3 is 0 Å². The fourth-order valence-electron chi connectivity index (χ4n) is 3.48. The van der Waals surface area contributed by atoms with Crippen LogP contribution in [0.5, 0.6) is 0 Å². The lowest BCUT2D eigenvalue weighted by atomic mass is 10.1. The molecule has 0 fully saturated rings. The van der Waals surface area contributed by atoms with E-state index >= 15 is 0 Å². The van der Waals surface area contributed by atoms with E-state index in [1.54, 1.807) is 30.7 Å². The largest absolute Gasteiger partial charge is 0.344 e. The predicted octanol–water partition coefficient (Wildman–Crippen LogP) is 3.09. The summed E-state index contributed by atoms with van der Waals surface area (Å²) >= 11 is 0. The molecule has 2 N–H and O–H groups in total. The van der Waals surface area contributed by atoms with Crippen molar-refractivity contribution in [2.75, 3.05) is 7.05 Å². The third-order valence-corrected chi connectivity index (χ3v) is 6.54. The zero-order valence-corrected chi connectivity index (χ0v) is 17.1. The van der Waals surface area contributed by atoms with Gasteiger partial charge in [0, 0.05) is 24.4 Å². The molecule has 0 aliphatic carbocycles. The Hall–Kier alpha value is -3.56. The Bertz CT molecular complexity index is 1520. The van der Waals surface area contributed by atoms with Crippen LogP contribution in [0.4, 0.5) is 0 Å². The first-order valence-corrected chi connectivity index (χ1v) is 10.7. The molecule has 0 atom stereocenters. The lowest BCUT2D eigenvalue weighted by Crippen LogP contribution is -2.18. The van der Waals surface area contributed by atoms with E-state index in [9.17, 15) is 8.42 Å². The molecule has 9 heteroatoms. The Kier molecular flexibility index (Phi) is 4.16. The lowest BCUT2D eigenvalue weighted by molar-refractivity contribution is 0.588. The molecule has 8 nitrogen and oxygen atoms in total. The van der Waals surface area contributed by atoms with Crippen molar-refractivity contribution >= 4 is 32.2 Å². The van der Waals surface area contributed by atoms with E-state index in [2.05, 4.69) is 25.7 Å². The van der Waals surface area contributed by atoms with E-state index in [-0.39, 0.29) is 4.90 Å². The van der Waals surface area contributed by atoms with Gasteiger partial charge in [0.05, 0.1) is 34.1 Å². The first-order chi connectivity index (χ1) is 14.5. The van der Waals surface area contributed by atoms with Crippen LogP contribution in [0, 0.1) is 0 Å². The average Bonchev–Trinajstić information content (AvgIpc) is 3.36. The van der Waals surface area contributed by atoms with Gasteiger partial charge in [0.1, 0.15) is 5.52 Å². The van der Waals surface area contributed by atoms with Crippen LogP contribution in [-0.2, 0) is 17.1 Å². The first-order valence-electron chi connectivity index (χ1n) is 9.26. The number of H-pyrrole nitrogens is 1. The monoisotopic (exact) mass is 418 g/mol. The molecule has 0 bridgehead atoms. The Morgan fingerprint density at radius 3 is 2.77 bits per heavy atom. The normalized spacial score (nSPS) is 12.1. The van der Waals surface area contributed by atoms with E-state index in [0.29, 0.717) is 16.9 Å². The summed E-state index contributed by atoms with van der Waals surface area (Å²) in [6.07, 6.45) is 5.31.